The molecular weight excluding hydrogens is 749 g/mol. The Labute approximate surface area is 346 Å². The lowest BCUT2D eigenvalue weighted by Gasteiger charge is -2.36. The van der Waals surface area contributed by atoms with E-state index in [-0.39, 0.29) is 0 Å². The van der Waals surface area contributed by atoms with Crippen molar-refractivity contribution in [2.75, 3.05) is 9.80 Å². The third-order valence-corrected chi connectivity index (χ3v) is 16.8. The van der Waals surface area contributed by atoms with Gasteiger partial charge in [-0.3, -0.25) is 0 Å². The molecule has 274 valence electrons. The molecule has 2 nitrogen and oxygen atoms in total. The topological polar surface area (TPSA) is 6.48 Å². The first-order chi connectivity index (χ1) is 28.2. The number of anilines is 4. The Hall–Kier alpha value is -5.46. The highest BCUT2D eigenvalue weighted by molar-refractivity contribution is 8.04. The number of hydrogen-bond donors (Lipinski definition) is 0. The maximum absolute atomic E-state index is 2.81. The summed E-state index contributed by atoms with van der Waals surface area (Å²) >= 11 is 6.20. The Balaban J connectivity index is 0.931. The number of nitrogens with zero attached hydrogens (tertiary/aromatic N) is 2. The zero-order valence-corrected chi connectivity index (χ0v) is 33.5. The maximum Gasteiger partial charge on any atom is 0.0690 e. The fraction of sp³-hybridized carbons (Fsp3) is 0.115. The molecule has 4 heterocycles. The quantitative estimate of drug-likeness (QED) is 0.166. The predicted octanol–water partition coefficient (Wildman–Crippen LogP) is 14.5. The largest absolute Gasteiger partial charge is 0.358 e. The molecule has 7 aromatic carbocycles. The minimum absolute atomic E-state index is 0.376. The van der Waals surface area contributed by atoms with Gasteiger partial charge in [-0.2, -0.15) is 0 Å². The van der Waals surface area contributed by atoms with Crippen LogP contribution in [-0.2, 0) is 0 Å². The van der Waals surface area contributed by atoms with Crippen molar-refractivity contribution in [3.8, 4) is 22.3 Å². The molecule has 2 fully saturated rings. The van der Waals surface area contributed by atoms with Crippen LogP contribution in [0.2, 0.25) is 0 Å². The summed E-state index contributed by atoms with van der Waals surface area (Å²) in [6.07, 6.45) is 9.44. The van der Waals surface area contributed by atoms with Crippen LogP contribution < -0.4 is 9.80 Å². The van der Waals surface area contributed by atoms with Crippen LogP contribution >= 0.6 is 34.9 Å². The summed E-state index contributed by atoms with van der Waals surface area (Å²) in [4.78, 5) is 6.69. The van der Waals surface area contributed by atoms with Gasteiger partial charge in [0, 0.05) is 69.5 Å². The number of thioether (sulfide) groups is 2. The van der Waals surface area contributed by atoms with Gasteiger partial charge in [0.15, 0.2) is 0 Å². The van der Waals surface area contributed by atoms with Gasteiger partial charge in [0.2, 0.25) is 0 Å². The second kappa shape index (κ2) is 13.6. The number of fused-ring (bicyclic) bond motifs is 10. The van der Waals surface area contributed by atoms with Crippen LogP contribution in [0.3, 0.4) is 0 Å². The van der Waals surface area contributed by atoms with E-state index in [9.17, 15) is 0 Å². The molecule has 0 saturated carbocycles. The number of rotatable bonds is 6. The monoisotopic (exact) mass is 786 g/mol. The van der Waals surface area contributed by atoms with Crippen molar-refractivity contribution in [3.05, 3.63) is 200 Å². The fourth-order valence-corrected chi connectivity index (χ4v) is 14.5. The molecule has 1 aliphatic carbocycles. The first kappa shape index (κ1) is 33.7. The molecule has 12 rings (SSSR count). The van der Waals surface area contributed by atoms with E-state index < -0.39 is 0 Å². The molecule has 3 aliphatic heterocycles. The smallest absolute Gasteiger partial charge is 0.0690 e. The molecule has 0 N–H and O–H groups in total. The van der Waals surface area contributed by atoms with Crippen LogP contribution in [0.1, 0.15) is 11.6 Å². The van der Waals surface area contributed by atoms with E-state index in [0.29, 0.717) is 33.8 Å². The molecule has 0 spiro atoms. The highest BCUT2D eigenvalue weighted by Gasteiger charge is 2.60. The van der Waals surface area contributed by atoms with Crippen molar-refractivity contribution >= 4 is 77.8 Å². The summed E-state index contributed by atoms with van der Waals surface area (Å²) < 4.78 is 2.63. The molecule has 1 aromatic heterocycles. The first-order valence-corrected chi connectivity index (χ1v) is 22.5. The summed E-state index contributed by atoms with van der Waals surface area (Å²) in [5, 5.41) is 4.30. The minimum atomic E-state index is 0.376. The van der Waals surface area contributed by atoms with E-state index in [0.717, 1.165) is 11.4 Å². The highest BCUT2D eigenvalue weighted by Crippen LogP contribution is 2.63. The fourth-order valence-electron chi connectivity index (χ4n) is 9.80. The predicted molar refractivity (Wildman–Crippen MR) is 247 cm³/mol. The summed E-state index contributed by atoms with van der Waals surface area (Å²) in [5.41, 5.74) is 11.2. The van der Waals surface area contributed by atoms with Gasteiger partial charge in [0.25, 0.3) is 0 Å². The molecule has 0 amide bonds. The summed E-state index contributed by atoms with van der Waals surface area (Å²) in [5.74, 6) is 0.514. The standard InChI is InChI=1S/C52H38N2S3/c1-2-10-33(11-3-1)34-18-20-35(21-19-34)36-22-24-37(25-23-36)53(40-30-31-42-41-12-4-7-15-45(41)55-48(42)32-40)38-26-28-39(29-27-38)54-49-43-13-5-8-16-46(43)56-51(49)52-50(54)44-14-6-9-17-47(44)57-52/h1-32,43,46,49-52H. The first-order valence-electron chi connectivity index (χ1n) is 19.9. The van der Waals surface area contributed by atoms with E-state index in [4.69, 9.17) is 0 Å². The lowest BCUT2D eigenvalue weighted by atomic mass is 9.91. The summed E-state index contributed by atoms with van der Waals surface area (Å²) in [7, 11) is 0. The van der Waals surface area contributed by atoms with Gasteiger partial charge in [-0.05, 0) is 88.5 Å². The average Bonchev–Trinajstić information content (AvgIpc) is 4.03. The number of allylic oxidation sites excluding steroid dienone is 2. The molecule has 0 bridgehead atoms. The maximum atomic E-state index is 2.81. The van der Waals surface area contributed by atoms with Crippen molar-refractivity contribution in [1.82, 2.24) is 0 Å². The molecule has 4 aliphatic rings. The van der Waals surface area contributed by atoms with Gasteiger partial charge in [-0.25, -0.2) is 0 Å². The number of thiophene rings is 1. The second-order valence-electron chi connectivity index (χ2n) is 15.5. The third kappa shape index (κ3) is 5.55. The lowest BCUT2D eigenvalue weighted by molar-refractivity contribution is 0.529. The van der Waals surface area contributed by atoms with Crippen LogP contribution in [0, 0.1) is 5.92 Å². The zero-order chi connectivity index (χ0) is 37.5. The van der Waals surface area contributed by atoms with E-state index in [2.05, 4.69) is 227 Å². The molecular formula is C52H38N2S3. The van der Waals surface area contributed by atoms with Gasteiger partial charge in [0.05, 0.1) is 12.1 Å². The van der Waals surface area contributed by atoms with E-state index in [1.54, 1.807) is 0 Å². The molecule has 57 heavy (non-hydrogen) atoms. The van der Waals surface area contributed by atoms with E-state index in [1.807, 2.05) is 11.3 Å². The lowest BCUT2D eigenvalue weighted by Crippen LogP contribution is -2.39. The second-order valence-corrected chi connectivity index (χ2v) is 19.2. The van der Waals surface area contributed by atoms with Crippen molar-refractivity contribution in [2.24, 2.45) is 5.92 Å². The number of benzene rings is 7. The Morgan fingerprint density at radius 1 is 0.491 bits per heavy atom. The van der Waals surface area contributed by atoms with Crippen LogP contribution in [0.4, 0.5) is 22.7 Å². The van der Waals surface area contributed by atoms with Gasteiger partial charge >= 0.3 is 0 Å². The van der Waals surface area contributed by atoms with Gasteiger partial charge in [-0.1, -0.05) is 133 Å². The minimum Gasteiger partial charge on any atom is -0.358 e. The van der Waals surface area contributed by atoms with Crippen LogP contribution in [-0.4, -0.2) is 21.8 Å². The average molecular weight is 787 g/mol. The van der Waals surface area contributed by atoms with Gasteiger partial charge < -0.3 is 9.80 Å². The van der Waals surface area contributed by atoms with Crippen molar-refractivity contribution < 1.29 is 0 Å². The van der Waals surface area contributed by atoms with Crippen molar-refractivity contribution in [2.45, 2.75) is 32.7 Å². The van der Waals surface area contributed by atoms with Crippen LogP contribution in [0.25, 0.3) is 42.4 Å². The van der Waals surface area contributed by atoms with Gasteiger partial charge in [0.1, 0.15) is 0 Å². The summed E-state index contributed by atoms with van der Waals surface area (Å²) in [6, 6.07) is 63.9. The third-order valence-electron chi connectivity index (χ3n) is 12.4. The Kier molecular flexibility index (Phi) is 8.02. The Morgan fingerprint density at radius 3 is 1.89 bits per heavy atom. The summed E-state index contributed by atoms with van der Waals surface area (Å²) in [6.45, 7) is 0. The van der Waals surface area contributed by atoms with Gasteiger partial charge in [-0.15, -0.1) is 34.9 Å². The Bertz CT molecular complexity index is 2840. The Morgan fingerprint density at radius 2 is 1.11 bits per heavy atom. The molecule has 0 radical (unpaired) electrons. The molecule has 5 heteroatoms. The highest BCUT2D eigenvalue weighted by atomic mass is 32.2. The number of hydrogen-bond acceptors (Lipinski definition) is 5. The van der Waals surface area contributed by atoms with E-state index >= 15 is 0 Å². The molecule has 2 saturated heterocycles. The van der Waals surface area contributed by atoms with E-state index in [1.165, 1.54) is 64.3 Å². The van der Waals surface area contributed by atoms with Crippen LogP contribution in [0.5, 0.6) is 0 Å². The normalized spacial score (nSPS) is 22.8. The molecule has 6 atom stereocenters. The zero-order valence-electron chi connectivity index (χ0n) is 31.1. The molecule has 8 aromatic rings. The van der Waals surface area contributed by atoms with Crippen molar-refractivity contribution in [1.29, 1.82) is 0 Å². The SMILES string of the molecule is C1=CC2SC3C4Sc5ccccc5C4N(c4ccc(N(c5ccc(-c6ccc(-c7ccccc7)cc6)cc5)c5ccc6c(c5)sc5ccccc56)cc4)C3C2C=C1. The van der Waals surface area contributed by atoms with Crippen molar-refractivity contribution in [3.63, 3.8) is 0 Å². The van der Waals surface area contributed by atoms with Crippen LogP contribution in [0.15, 0.2) is 199 Å². The molecule has 6 unspecified atom stereocenters.